The number of hydrogen-bond acceptors (Lipinski definition) is 1. The molecule has 2 fully saturated rings. The molecular weight excluding hydrogens is 222 g/mol. The Hall–Kier alpha value is -0.240. The summed E-state index contributed by atoms with van der Waals surface area (Å²) in [6, 6.07) is 0. The van der Waals surface area contributed by atoms with E-state index in [1.807, 2.05) is 4.90 Å². The van der Waals surface area contributed by atoms with E-state index in [-0.39, 0.29) is 5.38 Å². The van der Waals surface area contributed by atoms with Gasteiger partial charge in [0.05, 0.1) is 5.38 Å². The summed E-state index contributed by atoms with van der Waals surface area (Å²) in [7, 11) is 0. The molecule has 3 heteroatoms. The number of nitrogens with zero attached hydrogens (tertiary/aromatic N) is 1. The molecule has 92 valence electrons. The predicted octanol–water partition coefficient (Wildman–Crippen LogP) is 3.19. The summed E-state index contributed by atoms with van der Waals surface area (Å²) in [6.07, 6.45) is 9.39. The first-order valence-corrected chi connectivity index (χ1v) is 7.11. The van der Waals surface area contributed by atoms with Crippen LogP contribution in [-0.4, -0.2) is 29.3 Å². The number of carbonyl (C=O) groups excluding carboxylic acids is 1. The van der Waals surface area contributed by atoms with Crippen LogP contribution in [0.1, 0.15) is 51.4 Å². The van der Waals surface area contributed by atoms with Gasteiger partial charge in [0, 0.05) is 19.5 Å². The van der Waals surface area contributed by atoms with Crippen molar-refractivity contribution in [1.82, 2.24) is 4.90 Å². The van der Waals surface area contributed by atoms with E-state index in [0.29, 0.717) is 5.91 Å². The molecule has 0 aromatic carbocycles. The Bertz CT molecular complexity index is 238. The van der Waals surface area contributed by atoms with Gasteiger partial charge in [0.15, 0.2) is 0 Å². The molecule has 1 atom stereocenters. The summed E-state index contributed by atoms with van der Waals surface area (Å²) < 4.78 is 0. The third-order valence-electron chi connectivity index (χ3n) is 3.96. The van der Waals surface area contributed by atoms with Gasteiger partial charge in [-0.2, -0.15) is 0 Å². The Labute approximate surface area is 103 Å². The molecule has 0 aromatic heterocycles. The molecule has 16 heavy (non-hydrogen) atoms. The van der Waals surface area contributed by atoms with E-state index >= 15 is 0 Å². The van der Waals surface area contributed by atoms with Crippen LogP contribution < -0.4 is 0 Å². The lowest BCUT2D eigenvalue weighted by atomic mass is 10.0. The molecule has 1 unspecified atom stereocenters. The standard InChI is InChI=1S/C13H22ClNO/c14-12-6-3-9-15(10-12)13(16)8-7-11-4-1-2-5-11/h11-12H,1-10H2. The fourth-order valence-corrected chi connectivity index (χ4v) is 3.26. The molecule has 0 radical (unpaired) electrons. The minimum atomic E-state index is 0.184. The third-order valence-corrected chi connectivity index (χ3v) is 4.31. The number of piperidine rings is 1. The Balaban J connectivity index is 1.70. The van der Waals surface area contributed by atoms with Crippen molar-refractivity contribution in [1.29, 1.82) is 0 Å². The maximum atomic E-state index is 12.0. The fraction of sp³-hybridized carbons (Fsp3) is 0.923. The zero-order chi connectivity index (χ0) is 11.4. The number of halogens is 1. The number of alkyl halides is 1. The van der Waals surface area contributed by atoms with Crippen LogP contribution in [0.25, 0.3) is 0 Å². The van der Waals surface area contributed by atoms with Crippen molar-refractivity contribution in [2.24, 2.45) is 5.92 Å². The third kappa shape index (κ3) is 3.38. The van der Waals surface area contributed by atoms with Gasteiger partial charge in [0.25, 0.3) is 0 Å². The minimum Gasteiger partial charge on any atom is -0.341 e. The lowest BCUT2D eigenvalue weighted by Crippen LogP contribution is -2.40. The smallest absolute Gasteiger partial charge is 0.222 e. The van der Waals surface area contributed by atoms with Gasteiger partial charge in [0.1, 0.15) is 0 Å². The van der Waals surface area contributed by atoms with Crippen molar-refractivity contribution >= 4 is 17.5 Å². The van der Waals surface area contributed by atoms with E-state index in [1.165, 1.54) is 25.7 Å². The zero-order valence-electron chi connectivity index (χ0n) is 9.96. The van der Waals surface area contributed by atoms with Crippen LogP contribution >= 0.6 is 11.6 Å². The predicted molar refractivity (Wildman–Crippen MR) is 66.6 cm³/mol. The molecule has 2 aliphatic rings. The molecule has 0 spiro atoms. The van der Waals surface area contributed by atoms with Gasteiger partial charge in [-0.05, 0) is 25.2 Å². The van der Waals surface area contributed by atoms with Crippen molar-refractivity contribution in [3.05, 3.63) is 0 Å². The average molecular weight is 244 g/mol. The van der Waals surface area contributed by atoms with Crippen LogP contribution in [0.15, 0.2) is 0 Å². The van der Waals surface area contributed by atoms with Gasteiger partial charge in [-0.1, -0.05) is 25.7 Å². The van der Waals surface area contributed by atoms with Crippen molar-refractivity contribution < 1.29 is 4.79 Å². The quantitative estimate of drug-likeness (QED) is 0.698. The zero-order valence-corrected chi connectivity index (χ0v) is 10.7. The number of amides is 1. The monoisotopic (exact) mass is 243 g/mol. The summed E-state index contributed by atoms with van der Waals surface area (Å²) >= 11 is 6.09. The maximum Gasteiger partial charge on any atom is 0.222 e. The largest absolute Gasteiger partial charge is 0.341 e. The number of likely N-dealkylation sites (tertiary alicyclic amines) is 1. The maximum absolute atomic E-state index is 12.0. The van der Waals surface area contributed by atoms with Gasteiger partial charge >= 0.3 is 0 Å². The summed E-state index contributed by atoms with van der Waals surface area (Å²) in [4.78, 5) is 13.9. The first-order chi connectivity index (χ1) is 7.75. The lowest BCUT2D eigenvalue weighted by Gasteiger charge is -2.30. The van der Waals surface area contributed by atoms with E-state index in [4.69, 9.17) is 11.6 Å². The average Bonchev–Trinajstić information content (AvgIpc) is 2.78. The second-order valence-corrected chi connectivity index (χ2v) is 5.89. The van der Waals surface area contributed by atoms with Gasteiger partial charge in [-0.3, -0.25) is 4.79 Å². The summed E-state index contributed by atoms with van der Waals surface area (Å²) in [6.45, 7) is 1.69. The second kappa shape index (κ2) is 5.90. The molecule has 1 amide bonds. The first kappa shape index (κ1) is 12.2. The topological polar surface area (TPSA) is 20.3 Å². The van der Waals surface area contributed by atoms with Crippen LogP contribution in [-0.2, 0) is 4.79 Å². The molecule has 2 nitrogen and oxygen atoms in total. The van der Waals surface area contributed by atoms with Crippen LogP contribution in [0.2, 0.25) is 0 Å². The Morgan fingerprint density at radius 2 is 1.94 bits per heavy atom. The van der Waals surface area contributed by atoms with Crippen LogP contribution in [0.4, 0.5) is 0 Å². The van der Waals surface area contributed by atoms with Gasteiger partial charge in [-0.15, -0.1) is 11.6 Å². The van der Waals surface area contributed by atoms with Gasteiger partial charge in [-0.25, -0.2) is 0 Å². The van der Waals surface area contributed by atoms with Crippen molar-refractivity contribution in [3.8, 4) is 0 Å². The molecule has 1 saturated heterocycles. The number of carbonyl (C=O) groups is 1. The lowest BCUT2D eigenvalue weighted by molar-refractivity contribution is -0.132. The molecule has 0 N–H and O–H groups in total. The minimum absolute atomic E-state index is 0.184. The Kier molecular flexibility index (Phi) is 4.51. The highest BCUT2D eigenvalue weighted by Gasteiger charge is 2.23. The van der Waals surface area contributed by atoms with Crippen LogP contribution in [0, 0.1) is 5.92 Å². The molecule has 2 rings (SSSR count). The fourth-order valence-electron chi connectivity index (χ4n) is 2.94. The van der Waals surface area contributed by atoms with Crippen LogP contribution in [0.5, 0.6) is 0 Å². The van der Waals surface area contributed by atoms with E-state index in [0.717, 1.165) is 44.7 Å². The van der Waals surface area contributed by atoms with Crippen LogP contribution in [0.3, 0.4) is 0 Å². The second-order valence-electron chi connectivity index (χ2n) is 5.27. The highest BCUT2D eigenvalue weighted by Crippen LogP contribution is 2.29. The van der Waals surface area contributed by atoms with E-state index in [9.17, 15) is 4.79 Å². The molecule has 1 aliphatic carbocycles. The summed E-state index contributed by atoms with van der Waals surface area (Å²) in [5, 5.41) is 0.184. The Morgan fingerprint density at radius 3 is 2.62 bits per heavy atom. The first-order valence-electron chi connectivity index (χ1n) is 6.67. The summed E-state index contributed by atoms with van der Waals surface area (Å²) in [5.41, 5.74) is 0. The number of rotatable bonds is 3. The molecule has 0 aromatic rings. The highest BCUT2D eigenvalue weighted by molar-refractivity contribution is 6.20. The molecule has 1 heterocycles. The number of hydrogen-bond donors (Lipinski definition) is 0. The molecule has 0 bridgehead atoms. The van der Waals surface area contributed by atoms with Crippen molar-refractivity contribution in [2.75, 3.05) is 13.1 Å². The molecular formula is C13H22ClNO. The van der Waals surface area contributed by atoms with Crippen molar-refractivity contribution in [3.63, 3.8) is 0 Å². The normalized spacial score (nSPS) is 27.3. The van der Waals surface area contributed by atoms with E-state index < -0.39 is 0 Å². The highest BCUT2D eigenvalue weighted by atomic mass is 35.5. The SMILES string of the molecule is O=C(CCC1CCCC1)N1CCCC(Cl)C1. The van der Waals surface area contributed by atoms with E-state index in [1.54, 1.807) is 0 Å². The van der Waals surface area contributed by atoms with Crippen molar-refractivity contribution in [2.45, 2.75) is 56.7 Å². The summed E-state index contributed by atoms with van der Waals surface area (Å²) in [5.74, 6) is 1.15. The molecule has 1 aliphatic heterocycles. The molecule has 1 saturated carbocycles. The Morgan fingerprint density at radius 1 is 1.19 bits per heavy atom. The van der Waals surface area contributed by atoms with Gasteiger partial charge < -0.3 is 4.90 Å². The van der Waals surface area contributed by atoms with Gasteiger partial charge in [0.2, 0.25) is 5.91 Å². The van der Waals surface area contributed by atoms with E-state index in [2.05, 4.69) is 0 Å².